The van der Waals surface area contributed by atoms with Crippen LogP contribution in [0.4, 0.5) is 0 Å². The van der Waals surface area contributed by atoms with Gasteiger partial charge in [0.25, 0.3) is 0 Å². The molecule has 0 aromatic heterocycles. The minimum Gasteiger partial charge on any atom is -0.0654 e. The van der Waals surface area contributed by atoms with Crippen molar-refractivity contribution in [3.05, 3.63) is 35.4 Å². The molecule has 188 valence electrons. The third kappa shape index (κ3) is 9.41. The summed E-state index contributed by atoms with van der Waals surface area (Å²) in [4.78, 5) is 0. The van der Waals surface area contributed by atoms with Crippen LogP contribution in [0.1, 0.15) is 160 Å². The van der Waals surface area contributed by atoms with Crippen LogP contribution in [0.2, 0.25) is 0 Å². The Bertz CT molecular complexity index is 610. The minimum atomic E-state index is 0.623. The van der Waals surface area contributed by atoms with Gasteiger partial charge in [0.05, 0.1) is 0 Å². The molecule has 0 spiro atoms. The molecular weight excluding hydrogens is 396 g/mol. The number of unbranched alkanes of at least 4 members (excludes halogenated alkanes) is 6. The molecule has 2 saturated carbocycles. The molecule has 1 aromatic rings. The molecule has 1 aromatic carbocycles. The highest BCUT2D eigenvalue weighted by Crippen LogP contribution is 2.45. The zero-order chi connectivity index (χ0) is 23.4. The molecule has 0 heterocycles. The van der Waals surface area contributed by atoms with Crippen LogP contribution >= 0.6 is 0 Å². The predicted molar refractivity (Wildman–Crippen MR) is 147 cm³/mol. The standard InChI is InChI=1S/C33H56/c1-4-6-8-9-11-25-33(3)26-23-32(24-27-33)31-21-19-30(20-22-31)18-17-29-15-13-28(14-16-29)12-10-7-5-2/h19-22,28-29,32H,4-18,23-27H2,1-3H3/t28-,29-,32?,33?. The van der Waals surface area contributed by atoms with E-state index in [4.69, 9.17) is 0 Å². The molecule has 33 heavy (non-hydrogen) atoms. The van der Waals surface area contributed by atoms with Gasteiger partial charge >= 0.3 is 0 Å². The number of rotatable bonds is 14. The fourth-order valence-electron chi connectivity index (χ4n) is 6.87. The summed E-state index contributed by atoms with van der Waals surface area (Å²) in [5.41, 5.74) is 3.82. The van der Waals surface area contributed by atoms with E-state index in [9.17, 15) is 0 Å². The van der Waals surface area contributed by atoms with E-state index in [0.29, 0.717) is 5.41 Å². The van der Waals surface area contributed by atoms with Gasteiger partial charge in [-0.05, 0) is 79.2 Å². The van der Waals surface area contributed by atoms with E-state index in [1.54, 1.807) is 11.1 Å². The first kappa shape index (κ1) is 26.8. The second-order valence-electron chi connectivity index (χ2n) is 12.4. The summed E-state index contributed by atoms with van der Waals surface area (Å²) in [5.74, 6) is 2.85. The number of benzene rings is 1. The maximum atomic E-state index is 2.57. The fourth-order valence-corrected chi connectivity index (χ4v) is 6.87. The number of hydrogen-bond donors (Lipinski definition) is 0. The highest BCUT2D eigenvalue weighted by Gasteiger charge is 2.31. The SMILES string of the molecule is CCCCCCCC1(C)CCC(c2ccc(CC[C@H]3CC[C@H](CCCCC)CC3)cc2)CC1. The zero-order valence-electron chi connectivity index (χ0n) is 22.7. The summed E-state index contributed by atoms with van der Waals surface area (Å²) in [6.45, 7) is 7.21. The van der Waals surface area contributed by atoms with Crippen molar-refractivity contribution in [1.82, 2.24) is 0 Å². The molecular formula is C33H56. The summed E-state index contributed by atoms with van der Waals surface area (Å²) in [5, 5.41) is 0. The summed E-state index contributed by atoms with van der Waals surface area (Å²) < 4.78 is 0. The Kier molecular flexibility index (Phi) is 11.8. The maximum absolute atomic E-state index is 2.57. The van der Waals surface area contributed by atoms with E-state index in [1.165, 1.54) is 128 Å². The second-order valence-corrected chi connectivity index (χ2v) is 12.4. The van der Waals surface area contributed by atoms with Crippen LogP contribution in [-0.4, -0.2) is 0 Å². The Hall–Kier alpha value is -0.780. The van der Waals surface area contributed by atoms with E-state index in [-0.39, 0.29) is 0 Å². The van der Waals surface area contributed by atoms with E-state index in [2.05, 4.69) is 45.0 Å². The van der Waals surface area contributed by atoms with Gasteiger partial charge in [-0.3, -0.25) is 0 Å². The van der Waals surface area contributed by atoms with Gasteiger partial charge in [-0.25, -0.2) is 0 Å². The van der Waals surface area contributed by atoms with Gasteiger partial charge in [-0.1, -0.05) is 129 Å². The Labute approximate surface area is 207 Å². The Morgan fingerprint density at radius 2 is 1.24 bits per heavy atom. The molecule has 0 atom stereocenters. The molecule has 0 saturated heterocycles. The smallest absolute Gasteiger partial charge is 0.0162 e. The van der Waals surface area contributed by atoms with Crippen LogP contribution in [0.25, 0.3) is 0 Å². The zero-order valence-corrected chi connectivity index (χ0v) is 22.7. The van der Waals surface area contributed by atoms with Crippen molar-refractivity contribution >= 4 is 0 Å². The van der Waals surface area contributed by atoms with Gasteiger partial charge in [0.15, 0.2) is 0 Å². The molecule has 0 heteroatoms. The van der Waals surface area contributed by atoms with E-state index in [0.717, 1.165) is 17.8 Å². The Balaban J connectivity index is 1.33. The van der Waals surface area contributed by atoms with Crippen molar-refractivity contribution in [2.45, 2.75) is 155 Å². The van der Waals surface area contributed by atoms with Gasteiger partial charge in [-0.15, -0.1) is 0 Å². The van der Waals surface area contributed by atoms with Crippen molar-refractivity contribution < 1.29 is 0 Å². The molecule has 0 bridgehead atoms. The van der Waals surface area contributed by atoms with Crippen LogP contribution in [0, 0.1) is 17.3 Å². The Morgan fingerprint density at radius 3 is 1.88 bits per heavy atom. The lowest BCUT2D eigenvalue weighted by molar-refractivity contribution is 0.177. The fraction of sp³-hybridized carbons (Fsp3) is 0.818. The van der Waals surface area contributed by atoms with Crippen molar-refractivity contribution in [2.75, 3.05) is 0 Å². The normalized spacial score (nSPS) is 28.2. The van der Waals surface area contributed by atoms with E-state index < -0.39 is 0 Å². The average molecular weight is 453 g/mol. The Morgan fingerprint density at radius 1 is 0.667 bits per heavy atom. The average Bonchev–Trinajstić information content (AvgIpc) is 2.84. The summed E-state index contributed by atoms with van der Waals surface area (Å²) >= 11 is 0. The van der Waals surface area contributed by atoms with Crippen molar-refractivity contribution in [2.24, 2.45) is 17.3 Å². The quantitative estimate of drug-likeness (QED) is 0.246. The lowest BCUT2D eigenvalue weighted by Gasteiger charge is -2.38. The summed E-state index contributed by atoms with van der Waals surface area (Å²) in [6, 6.07) is 9.90. The monoisotopic (exact) mass is 452 g/mol. The summed E-state index contributed by atoms with van der Waals surface area (Å²) in [7, 11) is 0. The number of hydrogen-bond acceptors (Lipinski definition) is 0. The largest absolute Gasteiger partial charge is 0.0654 e. The molecule has 0 N–H and O–H groups in total. The van der Waals surface area contributed by atoms with Crippen molar-refractivity contribution in [1.29, 1.82) is 0 Å². The van der Waals surface area contributed by atoms with E-state index >= 15 is 0 Å². The first-order chi connectivity index (χ1) is 16.1. The molecule has 3 rings (SSSR count). The van der Waals surface area contributed by atoms with Crippen molar-refractivity contribution in [3.8, 4) is 0 Å². The molecule has 0 unspecified atom stereocenters. The lowest BCUT2D eigenvalue weighted by atomic mass is 9.68. The molecule has 0 aliphatic heterocycles. The van der Waals surface area contributed by atoms with Gasteiger partial charge in [-0.2, -0.15) is 0 Å². The second kappa shape index (κ2) is 14.6. The summed E-state index contributed by atoms with van der Waals surface area (Å²) in [6.07, 6.45) is 28.8. The first-order valence-corrected chi connectivity index (χ1v) is 15.2. The number of aryl methyl sites for hydroxylation is 1. The van der Waals surface area contributed by atoms with Gasteiger partial charge < -0.3 is 0 Å². The van der Waals surface area contributed by atoms with Gasteiger partial charge in [0.1, 0.15) is 0 Å². The van der Waals surface area contributed by atoms with Gasteiger partial charge in [0, 0.05) is 0 Å². The third-order valence-electron chi connectivity index (χ3n) is 9.55. The van der Waals surface area contributed by atoms with Crippen LogP contribution in [0.3, 0.4) is 0 Å². The first-order valence-electron chi connectivity index (χ1n) is 15.2. The molecule has 2 fully saturated rings. The van der Waals surface area contributed by atoms with Crippen LogP contribution < -0.4 is 0 Å². The van der Waals surface area contributed by atoms with Crippen LogP contribution in [0.5, 0.6) is 0 Å². The molecule has 2 aliphatic rings. The highest BCUT2D eigenvalue weighted by atomic mass is 14.4. The van der Waals surface area contributed by atoms with Crippen molar-refractivity contribution in [3.63, 3.8) is 0 Å². The minimum absolute atomic E-state index is 0.623. The molecule has 0 amide bonds. The predicted octanol–water partition coefficient (Wildman–Crippen LogP) is 11.0. The van der Waals surface area contributed by atoms with Gasteiger partial charge in [0.2, 0.25) is 0 Å². The lowest BCUT2D eigenvalue weighted by Crippen LogP contribution is -2.23. The molecule has 0 nitrogen and oxygen atoms in total. The third-order valence-corrected chi connectivity index (χ3v) is 9.55. The highest BCUT2D eigenvalue weighted by molar-refractivity contribution is 5.26. The van der Waals surface area contributed by atoms with E-state index in [1.807, 2.05) is 0 Å². The molecule has 2 aliphatic carbocycles. The van der Waals surface area contributed by atoms with Crippen LogP contribution in [0.15, 0.2) is 24.3 Å². The maximum Gasteiger partial charge on any atom is -0.0162 e. The topological polar surface area (TPSA) is 0 Å². The van der Waals surface area contributed by atoms with Crippen LogP contribution in [-0.2, 0) is 6.42 Å². The molecule has 0 radical (unpaired) electrons.